The average molecular weight is 194 g/mol. The highest BCUT2D eigenvalue weighted by atomic mass is 16.6. The van der Waals surface area contributed by atoms with Gasteiger partial charge in [-0.05, 0) is 5.56 Å². The Bertz CT molecular complexity index is 269. The smallest absolute Gasteiger partial charge is 0.106 e. The van der Waals surface area contributed by atoms with Gasteiger partial charge < -0.3 is 14.6 Å². The summed E-state index contributed by atoms with van der Waals surface area (Å²) in [6.07, 6.45) is 0.0214. The second-order valence-electron chi connectivity index (χ2n) is 3.37. The number of epoxide rings is 1. The van der Waals surface area contributed by atoms with Crippen LogP contribution in [0.4, 0.5) is 0 Å². The number of aliphatic hydroxyl groups is 1. The topological polar surface area (TPSA) is 42.0 Å². The van der Waals surface area contributed by atoms with Gasteiger partial charge in [-0.3, -0.25) is 0 Å². The van der Waals surface area contributed by atoms with Gasteiger partial charge in [0.05, 0.1) is 19.8 Å². The molecule has 0 spiro atoms. The lowest BCUT2D eigenvalue weighted by Crippen LogP contribution is -2.12. The molecule has 3 heteroatoms. The van der Waals surface area contributed by atoms with E-state index in [1.807, 2.05) is 30.3 Å². The Morgan fingerprint density at radius 3 is 2.71 bits per heavy atom. The van der Waals surface area contributed by atoms with Crippen LogP contribution in [0, 0.1) is 0 Å². The molecule has 1 aliphatic heterocycles. The molecule has 1 N–H and O–H groups in total. The maximum atomic E-state index is 9.15. The lowest BCUT2D eigenvalue weighted by Gasteiger charge is -2.14. The van der Waals surface area contributed by atoms with Gasteiger partial charge in [-0.1, -0.05) is 30.3 Å². The van der Waals surface area contributed by atoms with E-state index in [4.69, 9.17) is 14.6 Å². The number of rotatable bonds is 5. The SMILES string of the molecule is OCC(OCC1CO1)c1ccccc1. The molecule has 0 aromatic heterocycles. The van der Waals surface area contributed by atoms with Gasteiger partial charge in [0.1, 0.15) is 12.2 Å². The van der Waals surface area contributed by atoms with E-state index in [0.29, 0.717) is 6.61 Å². The number of ether oxygens (including phenoxy) is 2. The second kappa shape index (κ2) is 4.55. The van der Waals surface area contributed by atoms with Gasteiger partial charge in [0, 0.05) is 0 Å². The molecule has 14 heavy (non-hydrogen) atoms. The molecule has 1 fully saturated rings. The minimum absolute atomic E-state index is 0.0106. The fourth-order valence-electron chi connectivity index (χ4n) is 1.31. The van der Waals surface area contributed by atoms with Crippen molar-refractivity contribution < 1.29 is 14.6 Å². The summed E-state index contributed by atoms with van der Waals surface area (Å²) in [5, 5.41) is 9.15. The van der Waals surface area contributed by atoms with E-state index in [-0.39, 0.29) is 18.8 Å². The van der Waals surface area contributed by atoms with Crippen molar-refractivity contribution in [2.24, 2.45) is 0 Å². The van der Waals surface area contributed by atoms with Crippen LogP contribution in [0.15, 0.2) is 30.3 Å². The molecule has 1 saturated heterocycles. The van der Waals surface area contributed by atoms with Crippen LogP contribution in [0.25, 0.3) is 0 Å². The predicted octanol–water partition coefficient (Wildman–Crippen LogP) is 1.14. The lowest BCUT2D eigenvalue weighted by atomic mass is 10.1. The van der Waals surface area contributed by atoms with Crippen molar-refractivity contribution in [3.8, 4) is 0 Å². The molecule has 0 amide bonds. The fraction of sp³-hybridized carbons (Fsp3) is 0.455. The highest BCUT2D eigenvalue weighted by Crippen LogP contribution is 2.19. The molecule has 0 radical (unpaired) electrons. The van der Waals surface area contributed by atoms with Crippen molar-refractivity contribution in [2.75, 3.05) is 19.8 Å². The van der Waals surface area contributed by atoms with Crippen molar-refractivity contribution in [3.63, 3.8) is 0 Å². The van der Waals surface area contributed by atoms with Crippen molar-refractivity contribution in [2.45, 2.75) is 12.2 Å². The van der Waals surface area contributed by atoms with Gasteiger partial charge in [0.2, 0.25) is 0 Å². The first-order valence-corrected chi connectivity index (χ1v) is 4.79. The molecule has 1 aliphatic rings. The van der Waals surface area contributed by atoms with Crippen LogP contribution >= 0.6 is 0 Å². The Morgan fingerprint density at radius 1 is 1.43 bits per heavy atom. The standard InChI is InChI=1S/C11H14O3/c12-6-11(14-8-10-7-13-10)9-4-2-1-3-5-9/h1-5,10-12H,6-8H2. The molecule has 2 rings (SSSR count). The van der Waals surface area contributed by atoms with Crippen molar-refractivity contribution in [1.29, 1.82) is 0 Å². The third kappa shape index (κ3) is 2.54. The third-order valence-electron chi connectivity index (χ3n) is 2.22. The van der Waals surface area contributed by atoms with Crippen LogP contribution in [-0.4, -0.2) is 31.0 Å². The van der Waals surface area contributed by atoms with E-state index in [0.717, 1.165) is 12.2 Å². The largest absolute Gasteiger partial charge is 0.393 e. The Balaban J connectivity index is 1.90. The molecular weight excluding hydrogens is 180 g/mol. The summed E-state index contributed by atoms with van der Waals surface area (Å²) >= 11 is 0. The molecule has 0 saturated carbocycles. The number of hydrogen-bond acceptors (Lipinski definition) is 3. The Labute approximate surface area is 83.3 Å². The minimum Gasteiger partial charge on any atom is -0.393 e. The molecule has 2 unspecified atom stereocenters. The summed E-state index contributed by atoms with van der Waals surface area (Å²) in [5.41, 5.74) is 1.01. The van der Waals surface area contributed by atoms with Gasteiger partial charge in [0.15, 0.2) is 0 Å². The van der Waals surface area contributed by atoms with E-state index in [9.17, 15) is 0 Å². The van der Waals surface area contributed by atoms with Crippen molar-refractivity contribution in [3.05, 3.63) is 35.9 Å². The zero-order valence-electron chi connectivity index (χ0n) is 7.93. The van der Waals surface area contributed by atoms with Gasteiger partial charge in [0.25, 0.3) is 0 Å². The summed E-state index contributed by atoms with van der Waals surface area (Å²) < 4.78 is 10.6. The average Bonchev–Trinajstić information content (AvgIpc) is 3.04. The Hall–Kier alpha value is -0.900. The summed E-state index contributed by atoms with van der Waals surface area (Å²) in [6.45, 7) is 1.36. The zero-order chi connectivity index (χ0) is 9.80. The number of benzene rings is 1. The Kier molecular flexibility index (Phi) is 3.14. The van der Waals surface area contributed by atoms with E-state index < -0.39 is 0 Å². The molecule has 3 nitrogen and oxygen atoms in total. The molecule has 76 valence electrons. The monoisotopic (exact) mass is 194 g/mol. The van der Waals surface area contributed by atoms with Crippen LogP contribution in [0.3, 0.4) is 0 Å². The molecule has 1 heterocycles. The molecule has 1 aromatic rings. The summed E-state index contributed by atoms with van der Waals surface area (Å²) in [5.74, 6) is 0. The normalized spacial score (nSPS) is 21.9. The maximum Gasteiger partial charge on any atom is 0.106 e. The molecular formula is C11H14O3. The van der Waals surface area contributed by atoms with E-state index >= 15 is 0 Å². The van der Waals surface area contributed by atoms with Crippen molar-refractivity contribution >= 4 is 0 Å². The predicted molar refractivity (Wildman–Crippen MR) is 52.0 cm³/mol. The van der Waals surface area contributed by atoms with E-state index in [1.165, 1.54) is 0 Å². The lowest BCUT2D eigenvalue weighted by molar-refractivity contribution is 0.00457. The van der Waals surface area contributed by atoms with Gasteiger partial charge in [-0.15, -0.1) is 0 Å². The highest BCUT2D eigenvalue weighted by molar-refractivity contribution is 5.17. The fourth-order valence-corrected chi connectivity index (χ4v) is 1.31. The van der Waals surface area contributed by atoms with Crippen LogP contribution in [0.1, 0.15) is 11.7 Å². The minimum atomic E-state index is -0.222. The Morgan fingerprint density at radius 2 is 2.14 bits per heavy atom. The first kappa shape index (κ1) is 9.65. The number of hydrogen-bond donors (Lipinski definition) is 1. The first-order chi connectivity index (χ1) is 6.90. The quantitative estimate of drug-likeness (QED) is 0.714. The molecule has 0 bridgehead atoms. The molecule has 2 atom stereocenters. The number of aliphatic hydroxyl groups excluding tert-OH is 1. The maximum absolute atomic E-state index is 9.15. The highest BCUT2D eigenvalue weighted by Gasteiger charge is 2.24. The van der Waals surface area contributed by atoms with E-state index in [1.54, 1.807) is 0 Å². The van der Waals surface area contributed by atoms with Crippen LogP contribution in [0.2, 0.25) is 0 Å². The molecule has 1 aromatic carbocycles. The zero-order valence-corrected chi connectivity index (χ0v) is 7.93. The summed E-state index contributed by atoms with van der Waals surface area (Å²) in [6, 6.07) is 9.73. The van der Waals surface area contributed by atoms with Crippen LogP contribution in [0.5, 0.6) is 0 Å². The van der Waals surface area contributed by atoms with Crippen LogP contribution < -0.4 is 0 Å². The van der Waals surface area contributed by atoms with E-state index in [2.05, 4.69) is 0 Å². The second-order valence-corrected chi connectivity index (χ2v) is 3.37. The van der Waals surface area contributed by atoms with Gasteiger partial charge >= 0.3 is 0 Å². The van der Waals surface area contributed by atoms with Gasteiger partial charge in [-0.25, -0.2) is 0 Å². The third-order valence-corrected chi connectivity index (χ3v) is 2.22. The molecule has 0 aliphatic carbocycles. The first-order valence-electron chi connectivity index (χ1n) is 4.79. The summed E-state index contributed by atoms with van der Waals surface area (Å²) in [4.78, 5) is 0. The van der Waals surface area contributed by atoms with Gasteiger partial charge in [-0.2, -0.15) is 0 Å². The van der Waals surface area contributed by atoms with Crippen LogP contribution in [-0.2, 0) is 9.47 Å². The summed E-state index contributed by atoms with van der Waals surface area (Å²) in [7, 11) is 0. The van der Waals surface area contributed by atoms with Crippen molar-refractivity contribution in [1.82, 2.24) is 0 Å².